The van der Waals surface area contributed by atoms with Crippen molar-refractivity contribution in [1.29, 1.82) is 0 Å². The van der Waals surface area contributed by atoms with Gasteiger partial charge in [-0.1, -0.05) is 0 Å². The number of rotatable bonds is 6. The predicted octanol–water partition coefficient (Wildman–Crippen LogP) is 1.53. The summed E-state index contributed by atoms with van der Waals surface area (Å²) in [5.41, 5.74) is -0.184. The third-order valence-corrected chi connectivity index (χ3v) is 4.02. The SMILES string of the molecule is COc1c(F)cc(C(=O)NCC(C)OC)cc1S(=O)(=O)Cl. The van der Waals surface area contributed by atoms with Crippen LogP contribution in [-0.4, -0.2) is 41.2 Å². The Morgan fingerprint density at radius 2 is 2.05 bits per heavy atom. The number of carbonyl (C=O) groups is 1. The normalized spacial score (nSPS) is 12.8. The first kappa shape index (κ1) is 17.7. The molecule has 0 fully saturated rings. The fraction of sp³-hybridized carbons (Fsp3) is 0.417. The Morgan fingerprint density at radius 1 is 1.43 bits per heavy atom. The average Bonchev–Trinajstić information content (AvgIpc) is 2.42. The first-order valence-electron chi connectivity index (χ1n) is 5.84. The van der Waals surface area contributed by atoms with Crippen LogP contribution in [0, 0.1) is 5.82 Å². The second-order valence-electron chi connectivity index (χ2n) is 4.18. The molecule has 0 saturated carbocycles. The number of halogens is 2. The topological polar surface area (TPSA) is 81.7 Å². The lowest BCUT2D eigenvalue weighted by Gasteiger charge is -2.12. The second-order valence-corrected chi connectivity index (χ2v) is 6.72. The lowest BCUT2D eigenvalue weighted by Crippen LogP contribution is -2.31. The molecule has 1 atom stereocenters. The summed E-state index contributed by atoms with van der Waals surface area (Å²) in [6.45, 7) is 1.91. The van der Waals surface area contributed by atoms with E-state index in [-0.39, 0.29) is 18.2 Å². The lowest BCUT2D eigenvalue weighted by atomic mass is 10.2. The van der Waals surface area contributed by atoms with Gasteiger partial charge in [0, 0.05) is 29.9 Å². The highest BCUT2D eigenvalue weighted by molar-refractivity contribution is 8.13. The quantitative estimate of drug-likeness (QED) is 0.795. The van der Waals surface area contributed by atoms with E-state index >= 15 is 0 Å². The summed E-state index contributed by atoms with van der Waals surface area (Å²) in [5.74, 6) is -2.18. The summed E-state index contributed by atoms with van der Waals surface area (Å²) < 4.78 is 46.3. The van der Waals surface area contributed by atoms with Gasteiger partial charge in [0.25, 0.3) is 15.0 Å². The molecular weight excluding hydrogens is 325 g/mol. The maximum Gasteiger partial charge on any atom is 0.265 e. The number of nitrogens with one attached hydrogen (secondary N) is 1. The summed E-state index contributed by atoms with van der Waals surface area (Å²) >= 11 is 0. The van der Waals surface area contributed by atoms with Gasteiger partial charge in [0.2, 0.25) is 0 Å². The van der Waals surface area contributed by atoms with E-state index in [2.05, 4.69) is 10.1 Å². The Labute approximate surface area is 126 Å². The number of methoxy groups -OCH3 is 2. The minimum Gasteiger partial charge on any atom is -0.492 e. The Hall–Kier alpha value is -1.38. The van der Waals surface area contributed by atoms with Crippen molar-refractivity contribution in [3.05, 3.63) is 23.5 Å². The van der Waals surface area contributed by atoms with Gasteiger partial charge in [0.1, 0.15) is 4.90 Å². The zero-order valence-corrected chi connectivity index (χ0v) is 13.2. The Morgan fingerprint density at radius 3 is 2.52 bits per heavy atom. The summed E-state index contributed by atoms with van der Waals surface area (Å²) in [7, 11) is 3.53. The highest BCUT2D eigenvalue weighted by atomic mass is 35.7. The molecule has 0 bridgehead atoms. The van der Waals surface area contributed by atoms with E-state index in [1.165, 1.54) is 7.11 Å². The summed E-state index contributed by atoms with van der Waals surface area (Å²) in [5, 5.41) is 2.48. The van der Waals surface area contributed by atoms with Crippen LogP contribution in [0.25, 0.3) is 0 Å². The minimum atomic E-state index is -4.26. The van der Waals surface area contributed by atoms with Crippen molar-refractivity contribution in [2.24, 2.45) is 0 Å². The monoisotopic (exact) mass is 339 g/mol. The molecule has 1 unspecified atom stereocenters. The molecule has 0 spiro atoms. The molecule has 0 heterocycles. The molecule has 0 aliphatic rings. The average molecular weight is 340 g/mol. The highest BCUT2D eigenvalue weighted by Crippen LogP contribution is 2.30. The van der Waals surface area contributed by atoms with Crippen LogP contribution in [0.1, 0.15) is 17.3 Å². The molecule has 1 N–H and O–H groups in total. The van der Waals surface area contributed by atoms with Crippen LogP contribution in [0.2, 0.25) is 0 Å². The Balaban J connectivity index is 3.16. The van der Waals surface area contributed by atoms with Crippen molar-refractivity contribution < 1.29 is 27.1 Å². The van der Waals surface area contributed by atoms with Crippen molar-refractivity contribution in [2.75, 3.05) is 20.8 Å². The zero-order valence-electron chi connectivity index (χ0n) is 11.6. The molecule has 0 radical (unpaired) electrons. The minimum absolute atomic E-state index is 0.184. The third-order valence-electron chi connectivity index (χ3n) is 2.69. The molecule has 0 aliphatic heterocycles. The van der Waals surface area contributed by atoms with Gasteiger partial charge in [0.15, 0.2) is 11.6 Å². The highest BCUT2D eigenvalue weighted by Gasteiger charge is 2.23. The fourth-order valence-corrected chi connectivity index (χ4v) is 2.51. The summed E-state index contributed by atoms with van der Waals surface area (Å²) in [6.07, 6.45) is -0.242. The number of hydrogen-bond donors (Lipinski definition) is 1. The van der Waals surface area contributed by atoms with Gasteiger partial charge in [0.05, 0.1) is 13.2 Å². The number of carbonyl (C=O) groups excluding carboxylic acids is 1. The summed E-state index contributed by atoms with van der Waals surface area (Å²) in [6, 6.07) is 1.83. The van der Waals surface area contributed by atoms with Gasteiger partial charge in [-0.05, 0) is 19.1 Å². The zero-order chi connectivity index (χ0) is 16.2. The van der Waals surface area contributed by atoms with Crippen LogP contribution >= 0.6 is 10.7 Å². The molecule has 1 aromatic rings. The van der Waals surface area contributed by atoms with Crippen molar-refractivity contribution in [3.63, 3.8) is 0 Å². The summed E-state index contributed by atoms with van der Waals surface area (Å²) in [4.78, 5) is 11.3. The first-order valence-corrected chi connectivity index (χ1v) is 8.14. The first-order chi connectivity index (χ1) is 9.70. The standard InChI is InChI=1S/C12H15ClFNO5S/c1-7(19-2)6-15-12(16)8-4-9(14)11(20-3)10(5-8)21(13,17)18/h4-5,7H,6H2,1-3H3,(H,15,16). The molecule has 1 rings (SSSR count). The van der Waals surface area contributed by atoms with E-state index < -0.39 is 31.4 Å². The Kier molecular flexibility index (Phi) is 5.94. The van der Waals surface area contributed by atoms with Gasteiger partial charge in [-0.15, -0.1) is 0 Å². The van der Waals surface area contributed by atoms with Crippen molar-refractivity contribution in [3.8, 4) is 5.75 Å². The number of amides is 1. The molecule has 9 heteroatoms. The van der Waals surface area contributed by atoms with Crippen LogP contribution in [-0.2, 0) is 13.8 Å². The fourth-order valence-electron chi connectivity index (χ4n) is 1.50. The van der Waals surface area contributed by atoms with E-state index in [9.17, 15) is 17.6 Å². The van der Waals surface area contributed by atoms with Crippen LogP contribution in [0.4, 0.5) is 4.39 Å². The predicted molar refractivity (Wildman–Crippen MR) is 74.8 cm³/mol. The van der Waals surface area contributed by atoms with Crippen molar-refractivity contribution in [1.82, 2.24) is 5.32 Å². The molecule has 0 aromatic heterocycles. The smallest absolute Gasteiger partial charge is 0.265 e. The Bertz CT molecular complexity index is 635. The molecular formula is C12H15ClFNO5S. The van der Waals surface area contributed by atoms with Gasteiger partial charge >= 0.3 is 0 Å². The maximum absolute atomic E-state index is 13.8. The van der Waals surface area contributed by atoms with Gasteiger partial charge in [-0.3, -0.25) is 4.79 Å². The van der Waals surface area contributed by atoms with E-state index in [0.717, 1.165) is 19.2 Å². The van der Waals surface area contributed by atoms with Crippen LogP contribution < -0.4 is 10.1 Å². The van der Waals surface area contributed by atoms with E-state index in [1.807, 2.05) is 0 Å². The van der Waals surface area contributed by atoms with Crippen LogP contribution in [0.15, 0.2) is 17.0 Å². The van der Waals surface area contributed by atoms with Gasteiger partial charge in [-0.25, -0.2) is 12.8 Å². The molecule has 1 aromatic carbocycles. The van der Waals surface area contributed by atoms with Crippen molar-refractivity contribution >= 4 is 25.6 Å². The number of hydrogen-bond acceptors (Lipinski definition) is 5. The van der Waals surface area contributed by atoms with Gasteiger partial charge in [-0.2, -0.15) is 0 Å². The van der Waals surface area contributed by atoms with Crippen molar-refractivity contribution in [2.45, 2.75) is 17.9 Å². The lowest BCUT2D eigenvalue weighted by molar-refractivity contribution is 0.0869. The van der Waals surface area contributed by atoms with E-state index in [1.54, 1.807) is 6.92 Å². The number of ether oxygens (including phenoxy) is 2. The molecule has 118 valence electrons. The molecule has 0 aliphatic carbocycles. The third kappa shape index (κ3) is 4.55. The second kappa shape index (κ2) is 7.06. The molecule has 6 nitrogen and oxygen atoms in total. The maximum atomic E-state index is 13.8. The molecule has 21 heavy (non-hydrogen) atoms. The largest absolute Gasteiger partial charge is 0.492 e. The molecule has 0 saturated heterocycles. The molecule has 1 amide bonds. The number of benzene rings is 1. The van der Waals surface area contributed by atoms with E-state index in [4.69, 9.17) is 15.4 Å². The van der Waals surface area contributed by atoms with Crippen LogP contribution in [0.5, 0.6) is 5.75 Å². The van der Waals surface area contributed by atoms with Crippen LogP contribution in [0.3, 0.4) is 0 Å². The van der Waals surface area contributed by atoms with Gasteiger partial charge < -0.3 is 14.8 Å². The van der Waals surface area contributed by atoms with E-state index in [0.29, 0.717) is 0 Å².